The second-order valence-electron chi connectivity index (χ2n) is 5.61. The van der Waals surface area contributed by atoms with Gasteiger partial charge in [-0.05, 0) is 30.1 Å². The first-order valence-electron chi connectivity index (χ1n) is 5.89. The Morgan fingerprint density at radius 2 is 1.62 bits per heavy atom. The van der Waals surface area contributed by atoms with Crippen LogP contribution in [0.3, 0.4) is 0 Å². The zero-order valence-corrected chi connectivity index (χ0v) is 9.05. The average molecular weight is 181 g/mol. The minimum Gasteiger partial charge on any atom is -0.327 e. The molecule has 2 N–H and O–H groups in total. The number of rotatable bonds is 0. The maximum atomic E-state index is 6.23. The quantitative estimate of drug-likeness (QED) is 0.611. The third kappa shape index (κ3) is 1.41. The van der Waals surface area contributed by atoms with Gasteiger partial charge in [-0.15, -0.1) is 0 Å². The predicted octanol–water partition coefficient (Wildman–Crippen LogP) is 2.94. The molecule has 3 unspecified atom stereocenters. The van der Waals surface area contributed by atoms with Crippen molar-refractivity contribution >= 4 is 0 Å². The zero-order chi connectivity index (χ0) is 9.47. The molecule has 1 nitrogen and oxygen atoms in total. The normalized spacial score (nSPS) is 44.1. The Kier molecular flexibility index (Phi) is 2.39. The summed E-state index contributed by atoms with van der Waals surface area (Å²) < 4.78 is 0. The fourth-order valence-electron chi connectivity index (χ4n) is 3.55. The standard InChI is InChI=1S/C12H23N/c1-12(2)10-8-6-4-3-5-7-9(10)11(12)13/h9-11H,3-8,13H2,1-2H3. The molecule has 76 valence electrons. The summed E-state index contributed by atoms with van der Waals surface area (Å²) in [6.45, 7) is 4.72. The van der Waals surface area contributed by atoms with Gasteiger partial charge in [0.2, 0.25) is 0 Å². The third-order valence-corrected chi connectivity index (χ3v) is 4.60. The molecule has 1 heteroatoms. The van der Waals surface area contributed by atoms with Gasteiger partial charge < -0.3 is 5.73 Å². The van der Waals surface area contributed by atoms with Gasteiger partial charge in [0.1, 0.15) is 0 Å². The van der Waals surface area contributed by atoms with Crippen molar-refractivity contribution in [3.8, 4) is 0 Å². The topological polar surface area (TPSA) is 26.0 Å². The van der Waals surface area contributed by atoms with E-state index < -0.39 is 0 Å². The van der Waals surface area contributed by atoms with Crippen molar-refractivity contribution in [2.45, 2.75) is 58.4 Å². The fraction of sp³-hybridized carbons (Fsp3) is 1.00. The summed E-state index contributed by atoms with van der Waals surface area (Å²) in [4.78, 5) is 0. The first kappa shape index (κ1) is 9.51. The smallest absolute Gasteiger partial charge is 0.0124 e. The molecule has 0 heterocycles. The Morgan fingerprint density at radius 1 is 1.00 bits per heavy atom. The molecule has 0 radical (unpaired) electrons. The van der Waals surface area contributed by atoms with Crippen LogP contribution in [0, 0.1) is 17.3 Å². The lowest BCUT2D eigenvalue weighted by Crippen LogP contribution is -2.62. The summed E-state index contributed by atoms with van der Waals surface area (Å²) in [5, 5.41) is 0. The summed E-state index contributed by atoms with van der Waals surface area (Å²) in [6.07, 6.45) is 8.59. The molecule has 0 spiro atoms. The third-order valence-electron chi connectivity index (χ3n) is 4.60. The van der Waals surface area contributed by atoms with Crippen LogP contribution in [-0.4, -0.2) is 6.04 Å². The van der Waals surface area contributed by atoms with Gasteiger partial charge in [-0.25, -0.2) is 0 Å². The molecular weight excluding hydrogens is 158 g/mol. The largest absolute Gasteiger partial charge is 0.327 e. The van der Waals surface area contributed by atoms with Crippen molar-refractivity contribution in [1.29, 1.82) is 0 Å². The fourth-order valence-corrected chi connectivity index (χ4v) is 3.55. The molecule has 13 heavy (non-hydrogen) atoms. The molecule has 0 bridgehead atoms. The highest BCUT2D eigenvalue weighted by atomic mass is 14.8. The molecule has 0 aliphatic heterocycles. The molecule has 0 aromatic carbocycles. The Morgan fingerprint density at radius 3 is 2.31 bits per heavy atom. The van der Waals surface area contributed by atoms with E-state index >= 15 is 0 Å². The van der Waals surface area contributed by atoms with E-state index in [1.54, 1.807) is 0 Å². The van der Waals surface area contributed by atoms with Crippen molar-refractivity contribution in [2.75, 3.05) is 0 Å². The highest BCUT2D eigenvalue weighted by Crippen LogP contribution is 2.54. The van der Waals surface area contributed by atoms with Gasteiger partial charge >= 0.3 is 0 Å². The molecule has 2 aliphatic carbocycles. The van der Waals surface area contributed by atoms with E-state index in [1.807, 2.05) is 0 Å². The van der Waals surface area contributed by atoms with Crippen LogP contribution in [0.1, 0.15) is 52.4 Å². The number of nitrogens with two attached hydrogens (primary N) is 1. The molecule has 0 saturated heterocycles. The lowest BCUT2D eigenvalue weighted by Gasteiger charge is -2.58. The lowest BCUT2D eigenvalue weighted by molar-refractivity contribution is -0.0580. The molecule has 2 saturated carbocycles. The SMILES string of the molecule is CC1(C)C(N)C2CCCCCCC21. The maximum Gasteiger partial charge on any atom is 0.0124 e. The van der Waals surface area contributed by atoms with Gasteiger partial charge in [0.25, 0.3) is 0 Å². The first-order chi connectivity index (χ1) is 6.14. The van der Waals surface area contributed by atoms with E-state index in [4.69, 9.17) is 5.73 Å². The molecule has 2 rings (SSSR count). The molecular formula is C12H23N. The van der Waals surface area contributed by atoms with Crippen molar-refractivity contribution < 1.29 is 0 Å². The van der Waals surface area contributed by atoms with Gasteiger partial charge in [0, 0.05) is 6.04 Å². The van der Waals surface area contributed by atoms with Crippen LogP contribution in [0.4, 0.5) is 0 Å². The minimum absolute atomic E-state index is 0.433. The minimum atomic E-state index is 0.433. The molecule has 3 atom stereocenters. The molecule has 0 aromatic rings. The van der Waals surface area contributed by atoms with Crippen LogP contribution in [0.2, 0.25) is 0 Å². The molecule has 2 aliphatic rings. The van der Waals surface area contributed by atoms with Crippen LogP contribution >= 0.6 is 0 Å². The van der Waals surface area contributed by atoms with E-state index in [0.29, 0.717) is 11.5 Å². The van der Waals surface area contributed by atoms with Crippen molar-refractivity contribution in [3.63, 3.8) is 0 Å². The van der Waals surface area contributed by atoms with Crippen molar-refractivity contribution in [3.05, 3.63) is 0 Å². The summed E-state index contributed by atoms with van der Waals surface area (Å²) in [7, 11) is 0. The molecule has 0 aromatic heterocycles. The number of fused-ring (bicyclic) bond motifs is 1. The molecule has 0 amide bonds. The van der Waals surface area contributed by atoms with Crippen LogP contribution in [0.25, 0.3) is 0 Å². The molecule has 2 fully saturated rings. The van der Waals surface area contributed by atoms with Crippen LogP contribution in [0.15, 0.2) is 0 Å². The van der Waals surface area contributed by atoms with Crippen LogP contribution in [-0.2, 0) is 0 Å². The Balaban J connectivity index is 2.03. The Bertz CT molecular complexity index is 186. The summed E-state index contributed by atoms with van der Waals surface area (Å²) in [5.41, 5.74) is 6.66. The predicted molar refractivity (Wildman–Crippen MR) is 56.4 cm³/mol. The Labute approximate surface area is 82.1 Å². The van der Waals surface area contributed by atoms with Gasteiger partial charge in [-0.3, -0.25) is 0 Å². The van der Waals surface area contributed by atoms with Gasteiger partial charge in [0.15, 0.2) is 0 Å². The highest BCUT2D eigenvalue weighted by molar-refractivity contribution is 5.05. The van der Waals surface area contributed by atoms with E-state index in [-0.39, 0.29) is 0 Å². The Hall–Kier alpha value is -0.0400. The highest BCUT2D eigenvalue weighted by Gasteiger charge is 2.53. The van der Waals surface area contributed by atoms with Gasteiger partial charge in [-0.2, -0.15) is 0 Å². The van der Waals surface area contributed by atoms with E-state index in [9.17, 15) is 0 Å². The first-order valence-corrected chi connectivity index (χ1v) is 5.89. The summed E-state index contributed by atoms with van der Waals surface area (Å²) in [6, 6.07) is 0.482. The number of hydrogen-bond acceptors (Lipinski definition) is 1. The van der Waals surface area contributed by atoms with Crippen LogP contribution in [0.5, 0.6) is 0 Å². The van der Waals surface area contributed by atoms with Crippen LogP contribution < -0.4 is 5.73 Å². The summed E-state index contributed by atoms with van der Waals surface area (Å²) in [5.74, 6) is 1.79. The van der Waals surface area contributed by atoms with E-state index in [2.05, 4.69) is 13.8 Å². The van der Waals surface area contributed by atoms with Crippen molar-refractivity contribution in [1.82, 2.24) is 0 Å². The lowest BCUT2D eigenvalue weighted by atomic mass is 9.49. The van der Waals surface area contributed by atoms with Gasteiger partial charge in [-0.1, -0.05) is 39.5 Å². The maximum absolute atomic E-state index is 6.23. The van der Waals surface area contributed by atoms with E-state index in [1.165, 1.54) is 38.5 Å². The zero-order valence-electron chi connectivity index (χ0n) is 9.05. The second-order valence-corrected chi connectivity index (χ2v) is 5.61. The number of hydrogen-bond donors (Lipinski definition) is 1. The van der Waals surface area contributed by atoms with E-state index in [0.717, 1.165) is 11.8 Å². The average Bonchev–Trinajstić information content (AvgIpc) is 2.03. The monoisotopic (exact) mass is 181 g/mol. The van der Waals surface area contributed by atoms with Gasteiger partial charge in [0.05, 0.1) is 0 Å². The summed E-state index contributed by atoms with van der Waals surface area (Å²) >= 11 is 0. The van der Waals surface area contributed by atoms with Crippen molar-refractivity contribution in [2.24, 2.45) is 23.0 Å². The second kappa shape index (κ2) is 3.27.